The van der Waals surface area contributed by atoms with E-state index in [-0.39, 0.29) is 36.1 Å². The first-order valence-corrected chi connectivity index (χ1v) is 9.08. The summed E-state index contributed by atoms with van der Waals surface area (Å²) in [6.07, 6.45) is 2.13. The summed E-state index contributed by atoms with van der Waals surface area (Å²) >= 11 is 0. The van der Waals surface area contributed by atoms with E-state index >= 15 is 0 Å². The van der Waals surface area contributed by atoms with Crippen molar-refractivity contribution in [2.75, 3.05) is 11.9 Å². The lowest BCUT2D eigenvalue weighted by Crippen LogP contribution is -2.49. The lowest BCUT2D eigenvalue weighted by Gasteiger charge is -2.29. The number of nitrogens with zero attached hydrogens (tertiary/aromatic N) is 1. The monoisotopic (exact) mass is 364 g/mol. The molecule has 27 heavy (non-hydrogen) atoms. The van der Waals surface area contributed by atoms with Gasteiger partial charge in [0.05, 0.1) is 0 Å². The maximum Gasteiger partial charge on any atom is 0.244 e. The molecular weight excluding hydrogens is 344 g/mol. The Balaban J connectivity index is 1.35. The molecule has 6 nitrogen and oxygen atoms in total. The van der Waals surface area contributed by atoms with Gasteiger partial charge in [-0.05, 0) is 55.7 Å². The molecule has 2 bridgehead atoms. The first-order valence-electron chi connectivity index (χ1n) is 9.08. The number of carbonyl (C=O) groups is 3. The lowest BCUT2D eigenvalue weighted by molar-refractivity contribution is -0.154. The summed E-state index contributed by atoms with van der Waals surface area (Å²) in [6, 6.07) is 16.3. The summed E-state index contributed by atoms with van der Waals surface area (Å²) in [5.74, 6) is 0.369. The van der Waals surface area contributed by atoms with E-state index in [1.807, 2.05) is 30.3 Å². The molecule has 2 unspecified atom stereocenters. The summed E-state index contributed by atoms with van der Waals surface area (Å²) in [6.45, 7) is -0.229. The van der Waals surface area contributed by atoms with E-state index in [2.05, 4.69) is 5.32 Å². The topological polar surface area (TPSA) is 75.7 Å². The Hall–Kier alpha value is -3.15. The predicted molar refractivity (Wildman–Crippen MR) is 99.1 cm³/mol. The standard InChI is InChI=1S/C21H20N2O4/c24-19(13-23-20(25)14-6-7-15(12-14)21(23)26)22-16-8-10-18(11-9-16)27-17-4-2-1-3-5-17/h1-5,8-11,14-15H,6-7,12-13H2,(H,22,24). The molecule has 0 radical (unpaired) electrons. The van der Waals surface area contributed by atoms with Crippen molar-refractivity contribution >= 4 is 23.4 Å². The smallest absolute Gasteiger partial charge is 0.244 e. The number of piperidine rings is 1. The number of hydrogen-bond acceptors (Lipinski definition) is 4. The molecule has 1 aliphatic heterocycles. The van der Waals surface area contributed by atoms with Crippen LogP contribution in [-0.4, -0.2) is 29.2 Å². The highest BCUT2D eigenvalue weighted by molar-refractivity contribution is 6.05. The van der Waals surface area contributed by atoms with Gasteiger partial charge in [0, 0.05) is 17.5 Å². The number of rotatable bonds is 5. The van der Waals surface area contributed by atoms with Crippen LogP contribution in [0.4, 0.5) is 5.69 Å². The molecule has 138 valence electrons. The minimum absolute atomic E-state index is 0.102. The van der Waals surface area contributed by atoms with E-state index < -0.39 is 0 Å². The first-order chi connectivity index (χ1) is 13.1. The Bertz CT molecular complexity index is 842. The van der Waals surface area contributed by atoms with Crippen molar-refractivity contribution < 1.29 is 19.1 Å². The molecule has 2 aromatic carbocycles. The number of amides is 3. The molecule has 2 aromatic rings. The molecule has 6 heteroatoms. The number of likely N-dealkylation sites (tertiary alicyclic amines) is 1. The largest absolute Gasteiger partial charge is 0.457 e. The van der Waals surface area contributed by atoms with Crippen LogP contribution in [0.5, 0.6) is 11.5 Å². The van der Waals surface area contributed by atoms with E-state index in [9.17, 15) is 14.4 Å². The zero-order valence-corrected chi connectivity index (χ0v) is 14.8. The van der Waals surface area contributed by atoms with Gasteiger partial charge in [0.1, 0.15) is 18.0 Å². The van der Waals surface area contributed by atoms with Gasteiger partial charge >= 0.3 is 0 Å². The third kappa shape index (κ3) is 3.69. The normalized spacial score (nSPS) is 21.3. The molecule has 4 rings (SSSR count). The predicted octanol–water partition coefficient (Wildman–Crippen LogP) is 3.20. The molecule has 2 aliphatic rings. The summed E-state index contributed by atoms with van der Waals surface area (Å²) in [7, 11) is 0. The van der Waals surface area contributed by atoms with Crippen molar-refractivity contribution in [3.8, 4) is 11.5 Å². The van der Waals surface area contributed by atoms with Crippen LogP contribution in [0.1, 0.15) is 19.3 Å². The number of fused-ring (bicyclic) bond motifs is 2. The second-order valence-electron chi connectivity index (χ2n) is 6.96. The molecule has 1 aliphatic carbocycles. The fourth-order valence-corrected chi connectivity index (χ4v) is 3.71. The van der Waals surface area contributed by atoms with Gasteiger partial charge in [-0.1, -0.05) is 18.2 Å². The number of anilines is 1. The van der Waals surface area contributed by atoms with E-state index in [0.29, 0.717) is 17.9 Å². The maximum atomic E-state index is 12.3. The molecule has 2 fully saturated rings. The van der Waals surface area contributed by atoms with Gasteiger partial charge in [-0.2, -0.15) is 0 Å². The molecule has 0 spiro atoms. The third-order valence-corrected chi connectivity index (χ3v) is 5.08. The van der Waals surface area contributed by atoms with Crippen LogP contribution in [0.15, 0.2) is 54.6 Å². The van der Waals surface area contributed by atoms with Crippen molar-refractivity contribution in [3.63, 3.8) is 0 Å². The van der Waals surface area contributed by atoms with Crippen molar-refractivity contribution in [1.82, 2.24) is 4.90 Å². The zero-order valence-electron chi connectivity index (χ0n) is 14.8. The van der Waals surface area contributed by atoms with Gasteiger partial charge in [-0.15, -0.1) is 0 Å². The van der Waals surface area contributed by atoms with E-state index in [4.69, 9.17) is 4.74 Å². The number of carbonyl (C=O) groups excluding carboxylic acids is 3. The number of hydrogen-bond donors (Lipinski definition) is 1. The number of nitrogens with one attached hydrogen (secondary N) is 1. The van der Waals surface area contributed by atoms with Crippen LogP contribution in [0.2, 0.25) is 0 Å². The maximum absolute atomic E-state index is 12.3. The number of ether oxygens (including phenoxy) is 1. The average molecular weight is 364 g/mol. The SMILES string of the molecule is O=C(CN1C(=O)C2CCC(C2)C1=O)Nc1ccc(Oc2ccccc2)cc1. The Morgan fingerprint density at radius 1 is 0.926 bits per heavy atom. The van der Waals surface area contributed by atoms with E-state index in [0.717, 1.165) is 23.5 Å². The molecular formula is C21H20N2O4. The van der Waals surface area contributed by atoms with Gasteiger partial charge in [0.2, 0.25) is 17.7 Å². The molecule has 1 heterocycles. The first kappa shape index (κ1) is 17.3. The zero-order chi connectivity index (χ0) is 18.8. The van der Waals surface area contributed by atoms with Crippen LogP contribution >= 0.6 is 0 Å². The molecule has 1 N–H and O–H groups in total. The summed E-state index contributed by atoms with van der Waals surface area (Å²) in [5.41, 5.74) is 0.584. The minimum Gasteiger partial charge on any atom is -0.457 e. The molecule has 1 saturated heterocycles. The van der Waals surface area contributed by atoms with Gasteiger partial charge in [-0.3, -0.25) is 19.3 Å². The highest BCUT2D eigenvalue weighted by Crippen LogP contribution is 2.38. The fourth-order valence-electron chi connectivity index (χ4n) is 3.71. The molecule has 1 saturated carbocycles. The van der Waals surface area contributed by atoms with Crippen molar-refractivity contribution in [3.05, 3.63) is 54.6 Å². The highest BCUT2D eigenvalue weighted by atomic mass is 16.5. The van der Waals surface area contributed by atoms with Crippen molar-refractivity contribution in [2.45, 2.75) is 19.3 Å². The Labute approximate surface area is 157 Å². The van der Waals surface area contributed by atoms with Crippen LogP contribution in [0.3, 0.4) is 0 Å². The molecule has 0 aromatic heterocycles. The average Bonchev–Trinajstić information content (AvgIpc) is 3.14. The van der Waals surface area contributed by atoms with Gasteiger partial charge < -0.3 is 10.1 Å². The number of benzene rings is 2. The van der Waals surface area contributed by atoms with Gasteiger partial charge in [-0.25, -0.2) is 0 Å². The van der Waals surface area contributed by atoms with E-state index in [1.165, 1.54) is 0 Å². The fraction of sp³-hybridized carbons (Fsp3) is 0.286. The lowest BCUT2D eigenvalue weighted by atomic mass is 9.97. The Kier molecular flexibility index (Phi) is 4.62. The van der Waals surface area contributed by atoms with Crippen molar-refractivity contribution in [1.29, 1.82) is 0 Å². The number of imide groups is 1. The molecule has 2 atom stereocenters. The Morgan fingerprint density at radius 2 is 1.52 bits per heavy atom. The van der Waals surface area contributed by atoms with Crippen LogP contribution in [0.25, 0.3) is 0 Å². The van der Waals surface area contributed by atoms with Crippen LogP contribution in [-0.2, 0) is 14.4 Å². The summed E-state index contributed by atoms with van der Waals surface area (Å²) in [4.78, 5) is 38.0. The summed E-state index contributed by atoms with van der Waals surface area (Å²) in [5, 5.41) is 2.73. The third-order valence-electron chi connectivity index (χ3n) is 5.08. The van der Waals surface area contributed by atoms with Crippen LogP contribution in [0, 0.1) is 11.8 Å². The second kappa shape index (κ2) is 7.23. The highest BCUT2D eigenvalue weighted by Gasteiger charge is 2.45. The van der Waals surface area contributed by atoms with Gasteiger partial charge in [0.25, 0.3) is 0 Å². The Morgan fingerprint density at radius 3 is 2.15 bits per heavy atom. The quantitative estimate of drug-likeness (QED) is 0.827. The van der Waals surface area contributed by atoms with Crippen molar-refractivity contribution in [2.24, 2.45) is 11.8 Å². The second-order valence-corrected chi connectivity index (χ2v) is 6.96. The number of para-hydroxylation sites is 1. The van der Waals surface area contributed by atoms with Crippen LogP contribution < -0.4 is 10.1 Å². The van der Waals surface area contributed by atoms with Gasteiger partial charge in [0.15, 0.2) is 0 Å². The minimum atomic E-state index is -0.380. The summed E-state index contributed by atoms with van der Waals surface area (Å²) < 4.78 is 5.71. The van der Waals surface area contributed by atoms with E-state index in [1.54, 1.807) is 24.3 Å². The molecule has 3 amide bonds.